The van der Waals surface area contributed by atoms with Gasteiger partial charge in [-0.05, 0) is 89.8 Å². The molecule has 1 aliphatic heterocycles. The fourth-order valence-electron chi connectivity index (χ4n) is 4.45. The number of halogens is 1. The highest BCUT2D eigenvalue weighted by molar-refractivity contribution is 14.1. The first-order valence-electron chi connectivity index (χ1n) is 12.0. The second-order valence-electron chi connectivity index (χ2n) is 9.94. The molecule has 0 radical (unpaired) electrons. The zero-order valence-corrected chi connectivity index (χ0v) is 22.5. The van der Waals surface area contributed by atoms with E-state index in [0.29, 0.717) is 12.1 Å². The van der Waals surface area contributed by atoms with E-state index in [9.17, 15) is 0 Å². The summed E-state index contributed by atoms with van der Waals surface area (Å²) in [5.41, 5.74) is 5.06. The molecule has 0 bridgehead atoms. The molecule has 0 aliphatic carbocycles. The molecule has 3 heterocycles. The minimum Gasteiger partial charge on any atom is -0.424 e. The fraction of sp³-hybridized carbons (Fsp3) is 0.321. The Morgan fingerprint density at radius 1 is 1.00 bits per heavy atom. The number of nitrogens with one attached hydrogen (secondary N) is 1. The lowest BCUT2D eigenvalue weighted by atomic mass is 9.87. The molecule has 0 unspecified atom stereocenters. The molecule has 1 N–H and O–H groups in total. The van der Waals surface area contributed by atoms with Gasteiger partial charge >= 0.3 is 6.01 Å². The van der Waals surface area contributed by atoms with E-state index in [1.54, 1.807) is 6.20 Å². The molecular weight excluding hydrogens is 549 g/mol. The number of aromatic nitrogens is 4. The summed E-state index contributed by atoms with van der Waals surface area (Å²) >= 11 is 2.33. The van der Waals surface area contributed by atoms with Crippen LogP contribution < -0.4 is 10.1 Å². The molecule has 1 saturated heterocycles. The molecule has 1 aliphatic rings. The van der Waals surface area contributed by atoms with Crippen LogP contribution in [0.1, 0.15) is 45.2 Å². The summed E-state index contributed by atoms with van der Waals surface area (Å²) in [5.74, 6) is 0.735. The third-order valence-electron chi connectivity index (χ3n) is 6.40. The maximum absolute atomic E-state index is 6.14. The van der Waals surface area contributed by atoms with Crippen LogP contribution in [-0.2, 0) is 5.41 Å². The topological polar surface area (TPSA) is 64.9 Å². The summed E-state index contributed by atoms with van der Waals surface area (Å²) in [4.78, 5) is 14.1. The van der Waals surface area contributed by atoms with Gasteiger partial charge in [-0.3, -0.25) is 0 Å². The van der Waals surface area contributed by atoms with E-state index >= 15 is 0 Å². The Kier molecular flexibility index (Phi) is 6.88. The SMILES string of the molecule is CC(C)(C)c1cccc(Oc2nccc(-c3c(-c4ccc(I)cc4)ncn3C3CCNCC3)n2)c1. The lowest BCUT2D eigenvalue weighted by Crippen LogP contribution is -2.29. The molecule has 6 nitrogen and oxygen atoms in total. The van der Waals surface area contributed by atoms with Crippen molar-refractivity contribution < 1.29 is 4.74 Å². The second kappa shape index (κ2) is 10.1. The highest BCUT2D eigenvalue weighted by Gasteiger charge is 2.24. The number of ether oxygens (including phenoxy) is 1. The van der Waals surface area contributed by atoms with Crippen molar-refractivity contribution in [3.63, 3.8) is 0 Å². The third-order valence-corrected chi connectivity index (χ3v) is 7.12. The Labute approximate surface area is 220 Å². The quantitative estimate of drug-likeness (QED) is 0.269. The molecule has 2 aromatic carbocycles. The summed E-state index contributed by atoms with van der Waals surface area (Å²) in [5, 5.41) is 3.46. The monoisotopic (exact) mass is 579 g/mol. The predicted molar refractivity (Wildman–Crippen MR) is 148 cm³/mol. The molecule has 0 atom stereocenters. The van der Waals surface area contributed by atoms with E-state index in [4.69, 9.17) is 14.7 Å². The number of rotatable bonds is 5. The molecule has 35 heavy (non-hydrogen) atoms. The average Bonchev–Trinajstić information content (AvgIpc) is 3.30. The van der Waals surface area contributed by atoms with Crippen LogP contribution in [0.25, 0.3) is 22.6 Å². The van der Waals surface area contributed by atoms with Gasteiger partial charge in [0.05, 0.1) is 23.4 Å². The van der Waals surface area contributed by atoms with Crippen LogP contribution in [0.3, 0.4) is 0 Å². The van der Waals surface area contributed by atoms with E-state index in [0.717, 1.165) is 54.3 Å². The smallest absolute Gasteiger partial charge is 0.322 e. The van der Waals surface area contributed by atoms with Crippen molar-refractivity contribution >= 4 is 22.6 Å². The average molecular weight is 579 g/mol. The van der Waals surface area contributed by atoms with Gasteiger partial charge in [-0.1, -0.05) is 45.0 Å². The van der Waals surface area contributed by atoms with Gasteiger partial charge in [0.2, 0.25) is 0 Å². The van der Waals surface area contributed by atoms with Gasteiger partial charge in [-0.15, -0.1) is 0 Å². The second-order valence-corrected chi connectivity index (χ2v) is 11.2. The Bertz CT molecular complexity index is 1300. The first-order chi connectivity index (χ1) is 16.9. The molecule has 180 valence electrons. The van der Waals surface area contributed by atoms with Crippen molar-refractivity contribution in [2.45, 2.75) is 45.1 Å². The number of hydrogen-bond acceptors (Lipinski definition) is 5. The van der Waals surface area contributed by atoms with Crippen molar-refractivity contribution in [1.29, 1.82) is 0 Å². The van der Waals surface area contributed by atoms with Crippen molar-refractivity contribution in [2.75, 3.05) is 13.1 Å². The maximum atomic E-state index is 6.14. The zero-order valence-electron chi connectivity index (χ0n) is 20.3. The molecule has 2 aromatic heterocycles. The van der Waals surface area contributed by atoms with Crippen LogP contribution in [0, 0.1) is 3.57 Å². The minimum atomic E-state index is 0.0336. The number of piperidine rings is 1. The van der Waals surface area contributed by atoms with Crippen LogP contribution in [0.5, 0.6) is 11.8 Å². The lowest BCUT2D eigenvalue weighted by molar-refractivity contribution is 0.370. The summed E-state index contributed by atoms with van der Waals surface area (Å²) in [6, 6.07) is 19.3. The molecule has 7 heteroatoms. The normalized spacial score (nSPS) is 14.7. The van der Waals surface area contributed by atoms with E-state index in [-0.39, 0.29) is 5.41 Å². The Morgan fingerprint density at radius 3 is 2.51 bits per heavy atom. The van der Waals surface area contributed by atoms with E-state index in [2.05, 4.69) is 94.6 Å². The minimum absolute atomic E-state index is 0.0336. The Morgan fingerprint density at radius 2 is 1.77 bits per heavy atom. The molecular formula is C28H30IN5O. The largest absolute Gasteiger partial charge is 0.424 e. The van der Waals surface area contributed by atoms with Crippen LogP contribution in [0.15, 0.2) is 67.1 Å². The highest BCUT2D eigenvalue weighted by atomic mass is 127. The van der Waals surface area contributed by atoms with Crippen molar-refractivity contribution in [3.8, 4) is 34.4 Å². The summed E-state index contributed by atoms with van der Waals surface area (Å²) in [6.07, 6.45) is 5.85. The standard InChI is InChI=1S/C28H30IN5O/c1-28(2,3)20-5-4-6-23(17-20)35-27-31-16-13-24(33-27)26-25(19-7-9-21(29)10-8-19)32-18-34(26)22-11-14-30-15-12-22/h4-10,13,16-18,22,30H,11-12,14-15H2,1-3H3. The zero-order chi connectivity index (χ0) is 24.4. The fourth-order valence-corrected chi connectivity index (χ4v) is 4.81. The van der Waals surface area contributed by atoms with Crippen molar-refractivity contribution in [2.24, 2.45) is 0 Å². The van der Waals surface area contributed by atoms with Crippen LogP contribution in [-0.4, -0.2) is 32.6 Å². The molecule has 5 rings (SSSR count). The van der Waals surface area contributed by atoms with Gasteiger partial charge < -0.3 is 14.6 Å². The third kappa shape index (κ3) is 5.41. The van der Waals surface area contributed by atoms with Crippen LogP contribution >= 0.6 is 22.6 Å². The van der Waals surface area contributed by atoms with E-state index in [1.807, 2.05) is 24.5 Å². The summed E-state index contributed by atoms with van der Waals surface area (Å²) < 4.78 is 9.62. The van der Waals surface area contributed by atoms with Crippen LogP contribution in [0.4, 0.5) is 0 Å². The molecule has 0 spiro atoms. The van der Waals surface area contributed by atoms with Gasteiger partial charge in [0.15, 0.2) is 0 Å². The van der Waals surface area contributed by atoms with Gasteiger partial charge in [0, 0.05) is 21.4 Å². The maximum Gasteiger partial charge on any atom is 0.322 e. The van der Waals surface area contributed by atoms with Gasteiger partial charge in [0.25, 0.3) is 0 Å². The Hall–Kier alpha value is -2.78. The predicted octanol–water partition coefficient (Wildman–Crippen LogP) is 6.63. The summed E-state index contributed by atoms with van der Waals surface area (Å²) in [6.45, 7) is 8.58. The van der Waals surface area contributed by atoms with Gasteiger partial charge in [0.1, 0.15) is 5.75 Å². The van der Waals surface area contributed by atoms with E-state index < -0.39 is 0 Å². The molecule has 0 amide bonds. The molecule has 0 saturated carbocycles. The summed E-state index contributed by atoms with van der Waals surface area (Å²) in [7, 11) is 0. The van der Waals surface area contributed by atoms with Gasteiger partial charge in [-0.2, -0.15) is 4.98 Å². The Balaban J connectivity index is 1.54. The first-order valence-corrected chi connectivity index (χ1v) is 13.1. The van der Waals surface area contributed by atoms with Crippen molar-refractivity contribution in [3.05, 3.63) is 76.3 Å². The number of nitrogens with zero attached hydrogens (tertiary/aromatic N) is 4. The van der Waals surface area contributed by atoms with Gasteiger partial charge in [-0.25, -0.2) is 9.97 Å². The molecule has 4 aromatic rings. The lowest BCUT2D eigenvalue weighted by Gasteiger charge is -2.25. The highest BCUT2D eigenvalue weighted by Crippen LogP contribution is 2.35. The number of benzene rings is 2. The number of imidazole rings is 1. The molecule has 1 fully saturated rings. The van der Waals surface area contributed by atoms with Crippen molar-refractivity contribution in [1.82, 2.24) is 24.8 Å². The first kappa shape index (κ1) is 23.9. The number of hydrogen-bond donors (Lipinski definition) is 1. The van der Waals surface area contributed by atoms with Crippen LogP contribution in [0.2, 0.25) is 0 Å². The van der Waals surface area contributed by atoms with E-state index in [1.165, 1.54) is 9.13 Å².